The fourth-order valence-corrected chi connectivity index (χ4v) is 11.4. The van der Waals surface area contributed by atoms with Crippen LogP contribution in [0.15, 0.2) is 54.1 Å². The van der Waals surface area contributed by atoms with Gasteiger partial charge in [-0.05, 0) is 30.3 Å². The van der Waals surface area contributed by atoms with Gasteiger partial charge in [0.2, 0.25) is 11.9 Å². The number of phosphoric ester groups is 1. The number of alkyl halides is 2. The van der Waals surface area contributed by atoms with E-state index >= 15 is 13.3 Å². The Bertz CT molecular complexity index is 3030. The molecule has 1 aliphatic carbocycles. The average molecular weight is 1060 g/mol. The molecule has 2 unspecified atom stereocenters. The normalized spacial score (nSPS) is 26.0. The molecule has 10 atom stereocenters. The maximum Gasteiger partial charge on any atom is 0.695 e. The number of benzene rings is 1. The van der Waals surface area contributed by atoms with Gasteiger partial charge < -0.3 is 24.3 Å². The zero-order chi connectivity index (χ0) is 52.1. The molecule has 5 N–H and O–H groups in total. The minimum absolute atomic E-state index is 0.00410. The van der Waals surface area contributed by atoms with Gasteiger partial charge in [0.15, 0.2) is 55.0 Å². The van der Waals surface area contributed by atoms with Gasteiger partial charge in [0, 0.05) is 22.5 Å². The van der Waals surface area contributed by atoms with Crippen molar-refractivity contribution in [2.75, 3.05) is 30.5 Å². The van der Waals surface area contributed by atoms with Gasteiger partial charge in [0.05, 0.1) is 56.5 Å². The molecule has 0 bridgehead atoms. The number of rotatable bonds is 19. The Morgan fingerprint density at radius 2 is 1.72 bits per heavy atom. The first-order chi connectivity index (χ1) is 33.9. The van der Waals surface area contributed by atoms with Crippen LogP contribution in [0.1, 0.15) is 70.3 Å². The number of aliphatic hydroxyl groups excluding tert-OH is 1. The molecule has 1 saturated carbocycles. The van der Waals surface area contributed by atoms with Crippen LogP contribution in [-0.2, 0) is 45.9 Å². The molecule has 0 radical (unpaired) electrons. The van der Waals surface area contributed by atoms with Crippen molar-refractivity contribution in [3.63, 3.8) is 0 Å². The summed E-state index contributed by atoms with van der Waals surface area (Å²) in [6.45, 7) is 10.3. The summed E-state index contributed by atoms with van der Waals surface area (Å²) in [5, 5.41) is 24.6. The lowest BCUT2D eigenvalue weighted by Crippen LogP contribution is -2.49. The van der Waals surface area contributed by atoms with Crippen molar-refractivity contribution in [3.05, 3.63) is 65.2 Å². The van der Waals surface area contributed by atoms with Gasteiger partial charge in [-0.15, -0.1) is 9.42 Å². The molecule has 6 heterocycles. The highest BCUT2D eigenvalue weighted by Gasteiger charge is 2.84. The van der Waals surface area contributed by atoms with Gasteiger partial charge in [-0.3, -0.25) is 47.4 Å². The minimum atomic E-state index is -5.24. The molecule has 1 aromatic carbocycles. The number of H-pyrrole nitrogens is 1. The maximum absolute atomic E-state index is 15.9. The number of aliphatic hydroxyl groups is 1. The molecule has 8 rings (SSSR count). The highest BCUT2D eigenvalue weighted by atomic mass is 31.2. The summed E-state index contributed by atoms with van der Waals surface area (Å²) in [5.41, 5.74) is -3.16. The molecule has 1 spiro atoms. The molecule has 5 aromatic rings. The van der Waals surface area contributed by atoms with Crippen LogP contribution in [0, 0.1) is 22.7 Å². The Balaban J connectivity index is 1.16. The summed E-state index contributed by atoms with van der Waals surface area (Å²) < 4.78 is 105. The maximum atomic E-state index is 15.9. The molecule has 2 aliphatic heterocycles. The number of amides is 2. The van der Waals surface area contributed by atoms with Crippen LogP contribution in [0.4, 0.5) is 20.5 Å². The van der Waals surface area contributed by atoms with Crippen LogP contribution in [-0.4, -0.2) is 125 Å². The zero-order valence-electron chi connectivity index (χ0n) is 39.8. The highest BCUT2D eigenvalue weighted by molar-refractivity contribution is 7.48. The van der Waals surface area contributed by atoms with E-state index < -0.39 is 133 Å². The smallest absolute Gasteiger partial charge is 0.406 e. The summed E-state index contributed by atoms with van der Waals surface area (Å²) >= 11 is 0. The van der Waals surface area contributed by atoms with Gasteiger partial charge in [0.1, 0.15) is 24.6 Å². The van der Waals surface area contributed by atoms with Crippen LogP contribution in [0.2, 0.25) is 18.1 Å². The predicted molar refractivity (Wildman–Crippen MR) is 250 cm³/mol. The Hall–Kier alpha value is -5.40. The van der Waals surface area contributed by atoms with E-state index in [1.54, 1.807) is 44.2 Å². The molecule has 2 saturated heterocycles. The third-order valence-corrected chi connectivity index (χ3v) is 19.4. The first-order valence-corrected chi connectivity index (χ1v) is 28.0. The van der Waals surface area contributed by atoms with Crippen LogP contribution >= 0.6 is 16.1 Å². The van der Waals surface area contributed by atoms with E-state index in [9.17, 15) is 34.2 Å². The van der Waals surface area contributed by atoms with Crippen molar-refractivity contribution in [3.8, 4) is 6.07 Å². The summed E-state index contributed by atoms with van der Waals surface area (Å²) in [4.78, 5) is 73.2. The first-order valence-electron chi connectivity index (χ1n) is 22.5. The summed E-state index contributed by atoms with van der Waals surface area (Å²) in [7, 11) is -11.6. The Labute approximate surface area is 410 Å². The van der Waals surface area contributed by atoms with Crippen LogP contribution in [0.5, 0.6) is 0 Å². The van der Waals surface area contributed by atoms with Crippen molar-refractivity contribution in [1.29, 1.82) is 5.26 Å². The number of halogens is 2. The second-order valence-corrected chi connectivity index (χ2v) is 26.2. The number of nitriles is 1. The molecule has 386 valence electrons. The van der Waals surface area contributed by atoms with E-state index in [0.717, 1.165) is 12.7 Å². The number of anilines is 2. The van der Waals surface area contributed by atoms with Crippen LogP contribution in [0.25, 0.3) is 22.3 Å². The lowest BCUT2D eigenvalue weighted by molar-refractivity contribution is -0.118. The molecular weight excluding hydrogens is 1010 g/mol. The predicted octanol–water partition coefficient (Wildman–Crippen LogP) is 5.48. The number of nitrogens with one attached hydrogen (secondary N) is 3. The first kappa shape index (κ1) is 52.9. The van der Waals surface area contributed by atoms with Gasteiger partial charge in [0.25, 0.3) is 17.4 Å². The van der Waals surface area contributed by atoms with Crippen LogP contribution < -0.4 is 16.2 Å². The Morgan fingerprint density at radius 1 is 1.04 bits per heavy atom. The topological polar surface area (TPSA) is 328 Å². The molecule has 30 heteroatoms. The molecule has 72 heavy (non-hydrogen) atoms. The van der Waals surface area contributed by atoms with Crippen molar-refractivity contribution >= 4 is 70.3 Å². The number of phosphoric acid groups is 1. The summed E-state index contributed by atoms with van der Waals surface area (Å²) in [5.74, 6) is -5.38. The molecule has 3 fully saturated rings. The number of carbonyl (C=O) groups excluding carboxylic acids is 2. The summed E-state index contributed by atoms with van der Waals surface area (Å²) in [6, 6.07) is 10.0. The number of fused-ring (bicyclic) bond motifs is 2. The lowest BCUT2D eigenvalue weighted by Gasteiger charge is -2.40. The fourth-order valence-electron chi connectivity index (χ4n) is 8.22. The molecule has 25 nitrogen and oxygen atoms in total. The Morgan fingerprint density at radius 3 is 2.35 bits per heavy atom. The van der Waals surface area contributed by atoms with Crippen molar-refractivity contribution < 1.29 is 69.5 Å². The minimum Gasteiger partial charge on any atom is -0.406 e. The van der Waals surface area contributed by atoms with Gasteiger partial charge in [-0.2, -0.15) is 10.2 Å². The third-order valence-electron chi connectivity index (χ3n) is 13.1. The molecule has 4 aromatic heterocycles. The van der Waals surface area contributed by atoms with E-state index in [2.05, 4.69) is 40.5 Å². The monoisotopic (exact) mass is 1060 g/mol. The quantitative estimate of drug-likeness (QED) is 0.0388. The standard InChI is InChI=1S/C42H51F2N11O14P2Si/c1-22(2)34(57)52-39-51-33-27(36(59)53-39)49-21-55(33)37-29(69-72(6,7)40(3,4)5)28(67-70(60)61)24(65-37)17-64-71(62,63-15-11-14-45)68-30-38(66-25(16-56)41(30)18-42(41,43)44)54-20-48-26-31(46-19-47-32(26)54)50-35(58)23-12-9-8-10-13-23/h8-10,12-13,19-22,24-25,28-30,37-38,56H,11,15-18H2,1-7H3,(H3-,46,47,50,51,52,53,57,58,59,60,61)/p+1/t24-,25-,28-,29-,30+,37-,38-,41-,71?/m1/s1. The average Bonchev–Trinajstić information content (AvgIpc) is 3.83. The van der Waals surface area contributed by atoms with E-state index in [0.29, 0.717) is 5.56 Å². The number of carbonyl (C=O) groups is 2. The Kier molecular flexibility index (Phi) is 14.8. The van der Waals surface area contributed by atoms with Gasteiger partial charge >= 0.3 is 16.1 Å². The highest BCUT2D eigenvalue weighted by Crippen LogP contribution is 2.73. The fraction of sp³-hybridized carbons (Fsp3) is 0.548. The van der Waals surface area contributed by atoms with Gasteiger partial charge in [-0.25, -0.2) is 33.3 Å². The third kappa shape index (κ3) is 10.1. The number of hydrogen-bond acceptors (Lipinski definition) is 19. The number of imidazole rings is 2. The number of ether oxygens (including phenoxy) is 2. The number of nitrogens with zero attached hydrogens (tertiary/aromatic N) is 8. The van der Waals surface area contributed by atoms with Crippen LogP contribution in [0.3, 0.4) is 0 Å². The number of hydrogen-bond donors (Lipinski definition) is 5. The van der Waals surface area contributed by atoms with E-state index in [1.807, 2.05) is 39.9 Å². The summed E-state index contributed by atoms with van der Waals surface area (Å²) in [6.07, 6.45) is -9.01. The van der Waals surface area contributed by atoms with E-state index in [-0.39, 0.29) is 40.5 Å². The SMILES string of the molecule is CC(C)C(=O)Nc1nc2c(ncn2[C@@H]2O[C@H](COP(=O)(OCCC#N)O[C@H]3[C@H](n4cnc5c(NC(=O)c6ccccc6)ncnc54)O[C@H](CO)[C@]34CC4(F)F)[C@@H](O[P+](=O)O)[C@H]2O[Si](C)(C)C(C)(C)C)c(=O)[nH]1. The zero-order valence-corrected chi connectivity index (χ0v) is 42.6. The largest absolute Gasteiger partial charge is 0.695 e. The van der Waals surface area contributed by atoms with E-state index in [1.165, 1.54) is 15.5 Å². The van der Waals surface area contributed by atoms with Crippen molar-refractivity contribution in [2.24, 2.45) is 11.3 Å². The number of aromatic amines is 1. The molecular formula is C42H52F2N11O14P2Si+. The lowest BCUT2D eigenvalue weighted by atomic mass is 9.94. The van der Waals surface area contributed by atoms with Crippen molar-refractivity contribution in [2.45, 2.75) is 114 Å². The van der Waals surface area contributed by atoms with Crippen molar-refractivity contribution in [1.82, 2.24) is 39.0 Å². The van der Waals surface area contributed by atoms with Gasteiger partial charge in [-0.1, -0.05) is 52.8 Å². The number of aromatic nitrogens is 8. The van der Waals surface area contributed by atoms with E-state index in [4.69, 9.17) is 32.0 Å². The second kappa shape index (κ2) is 20.1. The molecule has 3 aliphatic rings. The second-order valence-electron chi connectivity index (χ2n) is 19.1. The molecule has 2 amide bonds.